The van der Waals surface area contributed by atoms with Gasteiger partial charge in [0.2, 0.25) is 0 Å². The predicted molar refractivity (Wildman–Crippen MR) is 573 cm³/mol. The number of nitrogens with zero attached hydrogens (tertiary/aromatic N) is 9. The smallest absolute Gasteiger partial charge is 0.0708 e. The maximum atomic E-state index is 6.07. The third kappa shape index (κ3) is 23.1. The van der Waals surface area contributed by atoms with Crippen molar-refractivity contribution in [3.8, 4) is 167 Å². The van der Waals surface area contributed by atoms with Crippen LogP contribution in [0.25, 0.3) is 167 Å². The number of benzene rings is 12. The first-order valence-electron chi connectivity index (χ1n) is 44.2. The highest BCUT2D eigenvalue weighted by atomic mass is 14.7. The van der Waals surface area contributed by atoms with Crippen molar-refractivity contribution in [2.45, 2.75) is 0 Å². The number of hydrogen-bond donors (Lipinski definition) is 12. The summed E-state index contributed by atoms with van der Waals surface area (Å²) in [4.78, 5) is 38.4. The molecule has 0 fully saturated rings. The van der Waals surface area contributed by atoms with Crippen LogP contribution in [0.4, 0.5) is 68.2 Å². The molecule has 21 nitrogen and oxygen atoms in total. The van der Waals surface area contributed by atoms with Crippen LogP contribution in [-0.2, 0) is 0 Å². The molecular weight excluding hydrogens is 1700 g/mol. The molecule has 0 radical (unpaired) electrons. The molecule has 9 heterocycles. The zero-order valence-corrected chi connectivity index (χ0v) is 75.3. The number of pyridine rings is 9. The average Bonchev–Trinajstić information content (AvgIpc) is 0.764. The average molecular weight is 1800 g/mol. The molecule has 24 N–H and O–H groups in total. The van der Waals surface area contributed by atoms with Crippen LogP contribution in [0.1, 0.15) is 0 Å². The molecule has 0 atom stereocenters. The van der Waals surface area contributed by atoms with E-state index in [-0.39, 0.29) is 0 Å². The van der Waals surface area contributed by atoms with Crippen molar-refractivity contribution in [1.82, 2.24) is 44.9 Å². The van der Waals surface area contributed by atoms with Gasteiger partial charge in [-0.3, -0.25) is 44.9 Å². The Kier molecular flexibility index (Phi) is 29.3. The van der Waals surface area contributed by atoms with Gasteiger partial charge < -0.3 is 68.8 Å². The van der Waals surface area contributed by atoms with Crippen molar-refractivity contribution in [2.75, 3.05) is 68.8 Å². The van der Waals surface area contributed by atoms with Gasteiger partial charge in [-0.1, -0.05) is 127 Å². The van der Waals surface area contributed by atoms with Crippen molar-refractivity contribution in [3.63, 3.8) is 0 Å². The largest absolute Gasteiger partial charge is 0.399 e. The number of aromatic nitrogens is 9. The molecule has 21 rings (SSSR count). The van der Waals surface area contributed by atoms with E-state index in [1.54, 1.807) is 74.4 Å². The molecule has 0 saturated heterocycles. The normalized spacial score (nSPS) is 10.5. The molecule has 672 valence electrons. The summed E-state index contributed by atoms with van der Waals surface area (Å²) in [5, 5.41) is 0. The van der Waals surface area contributed by atoms with Gasteiger partial charge in [-0.05, 0) is 353 Å². The van der Waals surface area contributed by atoms with Crippen LogP contribution in [0.15, 0.2) is 457 Å². The predicted octanol–water partition coefficient (Wildman–Crippen LogP) is 24.7. The van der Waals surface area contributed by atoms with E-state index in [0.717, 1.165) is 213 Å². The lowest BCUT2D eigenvalue weighted by atomic mass is 9.89. The fourth-order valence-electron chi connectivity index (χ4n) is 16.0. The van der Waals surface area contributed by atoms with Crippen molar-refractivity contribution >= 4 is 68.2 Å². The minimum atomic E-state index is 0.698. The molecule has 0 unspecified atom stereocenters. The second-order valence-electron chi connectivity index (χ2n) is 32.2. The summed E-state index contributed by atoms with van der Waals surface area (Å²) in [7, 11) is 0. The lowest BCUT2D eigenvalue weighted by Gasteiger charge is -2.16. The Morgan fingerprint density at radius 1 is 0.116 bits per heavy atom. The zero-order valence-electron chi connectivity index (χ0n) is 75.3. The second-order valence-corrected chi connectivity index (χ2v) is 32.2. The van der Waals surface area contributed by atoms with Crippen molar-refractivity contribution in [3.05, 3.63) is 457 Å². The molecular formula is C117H99N21. The van der Waals surface area contributed by atoms with E-state index < -0.39 is 0 Å². The van der Waals surface area contributed by atoms with Crippen LogP contribution < -0.4 is 68.8 Å². The number of anilines is 12. The van der Waals surface area contributed by atoms with Crippen LogP contribution in [0, 0.1) is 0 Å². The van der Waals surface area contributed by atoms with Crippen LogP contribution in [-0.4, -0.2) is 44.9 Å². The molecule has 0 amide bonds. The van der Waals surface area contributed by atoms with Gasteiger partial charge in [0.1, 0.15) is 0 Å². The molecule has 0 bridgehead atoms. The highest BCUT2D eigenvalue weighted by Gasteiger charge is 2.20. The molecule has 138 heavy (non-hydrogen) atoms. The summed E-state index contributed by atoms with van der Waals surface area (Å²) in [5.74, 6) is 0. The number of nitrogens with two attached hydrogens (primary N) is 12. The van der Waals surface area contributed by atoms with Crippen molar-refractivity contribution in [2.24, 2.45) is 0 Å². The standard InChI is InChI=1S/3C22H18N4.3C17H15N3/c23-17-1-3-19(21(13-17)15-5-9-25-10-6-15)20-4-2-18(24)14-22(20)16-7-11-26-12-8-16;23-17-5-7-19(21(11-17)15-3-1-9-25-13-15)20-8-6-18(24)12-22(20)16-4-2-10-26-14-16;23-15-7-9-17(19(13-15)21-5-1-3-11-25-21)18-10-8-16(24)14-20(18)22-6-2-4-12-26-22;18-14-3-1-12(2-4-14)16-6-5-15(19)11-17(16)13-7-9-20-10-8-13;18-14-5-3-12(4-6-14)16-8-7-15(19)10-17(16)13-2-1-9-20-11-13;18-13-6-4-12(5-7-13)15-9-8-14(19)11-16(15)17-3-1-2-10-20-17/h3*1-14H,23-24H2;3*1-11H,18-19H2. The molecule has 21 aromatic rings. The molecule has 9 aromatic heterocycles. The summed E-state index contributed by atoms with van der Waals surface area (Å²) >= 11 is 0. The number of rotatable bonds is 15. The van der Waals surface area contributed by atoms with Crippen molar-refractivity contribution < 1.29 is 0 Å². The van der Waals surface area contributed by atoms with E-state index in [9.17, 15) is 0 Å². The molecule has 12 aromatic carbocycles. The molecule has 0 spiro atoms. The molecule has 0 aliphatic rings. The Morgan fingerprint density at radius 2 is 0.304 bits per heavy atom. The highest BCUT2D eigenvalue weighted by Crippen LogP contribution is 2.45. The quantitative estimate of drug-likeness (QED) is 0.0424. The summed E-state index contributed by atoms with van der Waals surface area (Å²) < 4.78 is 0. The van der Waals surface area contributed by atoms with Gasteiger partial charge in [-0.25, -0.2) is 0 Å². The minimum absolute atomic E-state index is 0.698. The Balaban J connectivity index is 0.000000120. The zero-order chi connectivity index (χ0) is 95.6. The van der Waals surface area contributed by atoms with Gasteiger partial charge in [-0.2, -0.15) is 0 Å². The topological polar surface area (TPSA) is 428 Å². The van der Waals surface area contributed by atoms with Crippen LogP contribution in [0.3, 0.4) is 0 Å². The van der Waals surface area contributed by atoms with Gasteiger partial charge >= 0.3 is 0 Å². The van der Waals surface area contributed by atoms with Gasteiger partial charge in [0.05, 0.1) is 17.1 Å². The SMILES string of the molecule is Nc1ccc(-c2ccc(N)cc2-c2ccccn2)c(-c2ccccn2)c1.Nc1ccc(-c2ccc(N)cc2-c2ccccn2)cc1.Nc1ccc(-c2ccc(N)cc2-c2cccnc2)c(-c2cccnc2)c1.Nc1ccc(-c2ccc(N)cc2-c2cccnc2)cc1.Nc1ccc(-c2ccc(N)cc2-c2ccncc2)c(-c2ccncc2)c1.Nc1ccc(-c2ccc(N)cc2-c2ccncc2)cc1. The van der Waals surface area contributed by atoms with Crippen LogP contribution >= 0.6 is 0 Å². The van der Waals surface area contributed by atoms with E-state index in [1.807, 2.05) is 370 Å². The maximum absolute atomic E-state index is 6.07. The third-order valence-electron chi connectivity index (χ3n) is 22.6. The van der Waals surface area contributed by atoms with Gasteiger partial charge in [0.15, 0.2) is 0 Å². The summed E-state index contributed by atoms with van der Waals surface area (Å²) in [6, 6.07) is 118. The lowest BCUT2D eigenvalue weighted by molar-refractivity contribution is 1.32. The molecule has 0 aliphatic heterocycles. The monoisotopic (exact) mass is 1800 g/mol. The summed E-state index contributed by atoms with van der Waals surface area (Å²) in [6.45, 7) is 0. The van der Waals surface area contributed by atoms with Gasteiger partial charge in [0, 0.05) is 195 Å². The molecule has 21 heteroatoms. The van der Waals surface area contributed by atoms with E-state index in [2.05, 4.69) is 57.0 Å². The maximum Gasteiger partial charge on any atom is 0.0708 e. The first-order valence-corrected chi connectivity index (χ1v) is 44.2. The Bertz CT molecular complexity index is 6650. The third-order valence-corrected chi connectivity index (χ3v) is 22.6. The lowest BCUT2D eigenvalue weighted by Crippen LogP contribution is -1.95. The fourth-order valence-corrected chi connectivity index (χ4v) is 16.0. The molecule has 0 aliphatic carbocycles. The Hall–Kier alpha value is -19.4. The summed E-state index contributed by atoms with van der Waals surface area (Å²) in [6.07, 6.45) is 26.9. The van der Waals surface area contributed by atoms with Crippen LogP contribution in [0.5, 0.6) is 0 Å². The number of nitrogen functional groups attached to an aromatic ring is 12. The van der Waals surface area contributed by atoms with E-state index in [4.69, 9.17) is 68.8 Å². The first-order chi connectivity index (χ1) is 67.4. The van der Waals surface area contributed by atoms with E-state index >= 15 is 0 Å². The minimum Gasteiger partial charge on any atom is -0.399 e. The molecule has 0 saturated carbocycles. The van der Waals surface area contributed by atoms with Gasteiger partial charge in [0.25, 0.3) is 0 Å². The fraction of sp³-hybridized carbons (Fsp3) is 0. The van der Waals surface area contributed by atoms with Crippen LogP contribution in [0.2, 0.25) is 0 Å². The first kappa shape index (κ1) is 91.9. The summed E-state index contributed by atoms with van der Waals surface area (Å²) in [5.41, 5.74) is 112. The number of hydrogen-bond acceptors (Lipinski definition) is 21. The Labute approximate surface area is 801 Å². The van der Waals surface area contributed by atoms with E-state index in [1.165, 1.54) is 0 Å². The second kappa shape index (κ2) is 44.0. The van der Waals surface area contributed by atoms with E-state index in [0.29, 0.717) is 22.7 Å². The highest BCUT2D eigenvalue weighted by molar-refractivity contribution is 5.98. The van der Waals surface area contributed by atoms with Crippen molar-refractivity contribution in [1.29, 1.82) is 0 Å². The van der Waals surface area contributed by atoms with Gasteiger partial charge in [-0.15, -0.1) is 0 Å². The Morgan fingerprint density at radius 3 is 0.536 bits per heavy atom.